The Kier molecular flexibility index (Phi) is 5.29. The number of pyridine rings is 2. The van der Waals surface area contributed by atoms with Crippen LogP contribution in [0.25, 0.3) is 10.9 Å². The molecular weight excluding hydrogens is 416 g/mol. The molecule has 0 atom stereocenters. The van der Waals surface area contributed by atoms with E-state index in [4.69, 9.17) is 0 Å². The number of non-ortho nitro benzene ring substituents is 1. The standard InChI is InChI=1S/C25H20N6O2/c26-13-20-11-24(29-23-7-6-21(31(32)33)12-22(20)23)27-14-17-5-8-25(28-15-17)30-10-9-18-3-1-2-4-19(18)16-30/h1-8,11-12,15H,9-10,14,16H2,(H,27,29). The molecule has 0 amide bonds. The molecule has 0 saturated carbocycles. The molecular formula is C25H20N6O2. The van der Waals surface area contributed by atoms with Crippen molar-refractivity contribution in [1.82, 2.24) is 9.97 Å². The number of anilines is 2. The lowest BCUT2D eigenvalue weighted by Gasteiger charge is -2.29. The summed E-state index contributed by atoms with van der Waals surface area (Å²) in [6.07, 6.45) is 2.86. The fourth-order valence-electron chi connectivity index (χ4n) is 4.10. The van der Waals surface area contributed by atoms with Crippen LogP contribution in [-0.2, 0) is 19.5 Å². The zero-order valence-corrected chi connectivity index (χ0v) is 17.7. The highest BCUT2D eigenvalue weighted by atomic mass is 16.6. The van der Waals surface area contributed by atoms with Gasteiger partial charge >= 0.3 is 0 Å². The van der Waals surface area contributed by atoms with Gasteiger partial charge in [0.1, 0.15) is 11.6 Å². The number of fused-ring (bicyclic) bond motifs is 2. The van der Waals surface area contributed by atoms with Gasteiger partial charge in [0, 0.05) is 43.4 Å². The molecule has 0 saturated heterocycles. The highest BCUT2D eigenvalue weighted by Crippen LogP contribution is 2.26. The first-order valence-electron chi connectivity index (χ1n) is 10.6. The van der Waals surface area contributed by atoms with Crippen molar-refractivity contribution >= 4 is 28.2 Å². The fourth-order valence-corrected chi connectivity index (χ4v) is 4.10. The number of rotatable bonds is 5. The molecule has 1 aliphatic heterocycles. The van der Waals surface area contributed by atoms with Gasteiger partial charge in [-0.15, -0.1) is 0 Å². The van der Waals surface area contributed by atoms with Gasteiger partial charge in [-0.1, -0.05) is 30.3 Å². The van der Waals surface area contributed by atoms with Gasteiger partial charge in [-0.3, -0.25) is 10.1 Å². The number of nitriles is 1. The molecule has 0 bridgehead atoms. The Hall–Kier alpha value is -4.51. The number of hydrogen-bond donors (Lipinski definition) is 1. The lowest BCUT2D eigenvalue weighted by Crippen LogP contribution is -2.30. The molecule has 3 heterocycles. The predicted molar refractivity (Wildman–Crippen MR) is 126 cm³/mol. The quantitative estimate of drug-likeness (QED) is 0.360. The molecule has 33 heavy (non-hydrogen) atoms. The fraction of sp³-hybridized carbons (Fsp3) is 0.160. The predicted octanol–water partition coefficient (Wildman–Crippen LogP) is 4.58. The first kappa shape index (κ1) is 20.4. The molecule has 4 aromatic rings. The van der Waals surface area contributed by atoms with Crippen molar-refractivity contribution in [2.75, 3.05) is 16.8 Å². The third-order valence-corrected chi connectivity index (χ3v) is 5.86. The zero-order valence-electron chi connectivity index (χ0n) is 17.7. The number of aromatic nitrogens is 2. The van der Waals surface area contributed by atoms with Crippen molar-refractivity contribution in [3.63, 3.8) is 0 Å². The van der Waals surface area contributed by atoms with Crippen molar-refractivity contribution in [1.29, 1.82) is 5.26 Å². The first-order chi connectivity index (χ1) is 16.1. The maximum Gasteiger partial charge on any atom is 0.270 e. The summed E-state index contributed by atoms with van der Waals surface area (Å²) < 4.78 is 0. The van der Waals surface area contributed by atoms with E-state index in [2.05, 4.69) is 50.5 Å². The van der Waals surface area contributed by atoms with Crippen LogP contribution in [0.5, 0.6) is 0 Å². The summed E-state index contributed by atoms with van der Waals surface area (Å²) in [5.41, 5.74) is 4.54. The summed E-state index contributed by atoms with van der Waals surface area (Å²) in [5, 5.41) is 24.2. The van der Waals surface area contributed by atoms with E-state index in [-0.39, 0.29) is 5.69 Å². The van der Waals surface area contributed by atoms with Crippen molar-refractivity contribution < 1.29 is 4.92 Å². The van der Waals surface area contributed by atoms with Gasteiger partial charge in [0.05, 0.1) is 22.1 Å². The SMILES string of the molecule is N#Cc1cc(NCc2ccc(N3CCc4ccccc4C3)nc2)nc2ccc([N+](=O)[O-])cc12. The molecule has 0 unspecified atom stereocenters. The Morgan fingerprint density at radius 1 is 1.12 bits per heavy atom. The maximum atomic E-state index is 11.0. The number of nitro groups is 1. The normalized spacial score (nSPS) is 12.8. The Balaban J connectivity index is 1.29. The summed E-state index contributed by atoms with van der Waals surface area (Å²) in [5.74, 6) is 1.48. The van der Waals surface area contributed by atoms with Crippen LogP contribution in [0.15, 0.2) is 66.9 Å². The van der Waals surface area contributed by atoms with Crippen LogP contribution in [0, 0.1) is 21.4 Å². The van der Waals surface area contributed by atoms with Crippen LogP contribution < -0.4 is 10.2 Å². The number of hydrogen-bond acceptors (Lipinski definition) is 7. The highest BCUT2D eigenvalue weighted by molar-refractivity contribution is 5.88. The number of nitrogens with one attached hydrogen (secondary N) is 1. The van der Waals surface area contributed by atoms with Crippen LogP contribution in [0.4, 0.5) is 17.3 Å². The number of benzene rings is 2. The summed E-state index contributed by atoms with van der Waals surface area (Å²) in [7, 11) is 0. The average Bonchev–Trinajstić information content (AvgIpc) is 2.86. The van der Waals surface area contributed by atoms with Crippen molar-refractivity contribution in [3.05, 3.63) is 99.2 Å². The van der Waals surface area contributed by atoms with Crippen LogP contribution >= 0.6 is 0 Å². The maximum absolute atomic E-state index is 11.0. The minimum Gasteiger partial charge on any atom is -0.366 e. The second kappa shape index (κ2) is 8.55. The molecule has 0 spiro atoms. The van der Waals surface area contributed by atoms with E-state index in [0.717, 1.165) is 30.9 Å². The molecule has 0 aliphatic carbocycles. The molecule has 2 aromatic carbocycles. The third kappa shape index (κ3) is 4.16. The lowest BCUT2D eigenvalue weighted by molar-refractivity contribution is -0.384. The Morgan fingerprint density at radius 3 is 2.73 bits per heavy atom. The minimum atomic E-state index is -0.480. The van der Waals surface area contributed by atoms with Gasteiger partial charge in [-0.2, -0.15) is 5.26 Å². The van der Waals surface area contributed by atoms with Crippen LogP contribution in [0.3, 0.4) is 0 Å². The highest BCUT2D eigenvalue weighted by Gasteiger charge is 2.17. The smallest absolute Gasteiger partial charge is 0.270 e. The van der Waals surface area contributed by atoms with Crippen LogP contribution in [0.2, 0.25) is 0 Å². The Bertz CT molecular complexity index is 1390. The lowest BCUT2D eigenvalue weighted by atomic mass is 10.00. The third-order valence-electron chi connectivity index (χ3n) is 5.86. The van der Waals surface area contributed by atoms with Crippen LogP contribution in [0.1, 0.15) is 22.3 Å². The molecule has 1 aliphatic rings. The molecule has 8 nitrogen and oxygen atoms in total. The van der Waals surface area contributed by atoms with Gasteiger partial charge in [-0.05, 0) is 41.3 Å². The topological polar surface area (TPSA) is 108 Å². The van der Waals surface area contributed by atoms with E-state index in [0.29, 0.717) is 28.8 Å². The van der Waals surface area contributed by atoms with Gasteiger partial charge < -0.3 is 10.2 Å². The Morgan fingerprint density at radius 2 is 1.97 bits per heavy atom. The van der Waals surface area contributed by atoms with Gasteiger partial charge in [-0.25, -0.2) is 9.97 Å². The average molecular weight is 436 g/mol. The molecule has 162 valence electrons. The van der Waals surface area contributed by atoms with E-state index < -0.39 is 4.92 Å². The van der Waals surface area contributed by atoms with E-state index in [9.17, 15) is 15.4 Å². The second-order valence-electron chi connectivity index (χ2n) is 7.94. The number of nitrogens with zero attached hydrogens (tertiary/aromatic N) is 5. The minimum absolute atomic E-state index is 0.0649. The van der Waals surface area contributed by atoms with Crippen molar-refractivity contribution in [2.45, 2.75) is 19.5 Å². The van der Waals surface area contributed by atoms with Crippen LogP contribution in [-0.4, -0.2) is 21.4 Å². The summed E-state index contributed by atoms with van der Waals surface area (Å²) in [6.45, 7) is 2.29. The zero-order chi connectivity index (χ0) is 22.8. The van der Waals surface area contributed by atoms with E-state index in [1.54, 1.807) is 12.1 Å². The Labute approximate surface area is 190 Å². The van der Waals surface area contributed by atoms with Crippen molar-refractivity contribution in [3.8, 4) is 6.07 Å². The van der Waals surface area contributed by atoms with E-state index in [1.807, 2.05) is 18.3 Å². The molecule has 8 heteroatoms. The first-order valence-corrected chi connectivity index (χ1v) is 10.6. The molecule has 1 N–H and O–H groups in total. The molecule has 0 fully saturated rings. The molecule has 0 radical (unpaired) electrons. The molecule has 5 rings (SSSR count). The molecule has 2 aromatic heterocycles. The summed E-state index contributed by atoms with van der Waals surface area (Å²) in [6, 6.07) is 20.6. The van der Waals surface area contributed by atoms with Gasteiger partial charge in [0.2, 0.25) is 0 Å². The van der Waals surface area contributed by atoms with Gasteiger partial charge in [0.15, 0.2) is 0 Å². The number of nitro benzene ring substituents is 1. The monoisotopic (exact) mass is 436 g/mol. The summed E-state index contributed by atoms with van der Waals surface area (Å²) >= 11 is 0. The second-order valence-corrected chi connectivity index (χ2v) is 7.94. The summed E-state index contributed by atoms with van der Waals surface area (Å²) in [4.78, 5) is 22.0. The van der Waals surface area contributed by atoms with Gasteiger partial charge in [0.25, 0.3) is 5.69 Å². The van der Waals surface area contributed by atoms with E-state index >= 15 is 0 Å². The van der Waals surface area contributed by atoms with E-state index in [1.165, 1.54) is 23.3 Å². The van der Waals surface area contributed by atoms with Crippen molar-refractivity contribution in [2.24, 2.45) is 0 Å². The largest absolute Gasteiger partial charge is 0.366 e.